The maximum Gasteiger partial charge on any atom is 0.178 e. The lowest BCUT2D eigenvalue weighted by atomic mass is 10.1. The first-order valence-corrected chi connectivity index (χ1v) is 8.98. The molecule has 0 aliphatic heterocycles. The summed E-state index contributed by atoms with van der Waals surface area (Å²) >= 11 is 12.0. The maximum atomic E-state index is 11.6. The summed E-state index contributed by atoms with van der Waals surface area (Å²) in [6, 6.07) is 12.6. The molecule has 7 heteroatoms. The summed E-state index contributed by atoms with van der Waals surface area (Å²) in [6.45, 7) is 1.86. The average Bonchev–Trinajstić information content (AvgIpc) is 2.43. The summed E-state index contributed by atoms with van der Waals surface area (Å²) in [5.74, 6) is 0. The van der Waals surface area contributed by atoms with Crippen LogP contribution in [-0.2, 0) is 9.84 Å². The van der Waals surface area contributed by atoms with Crippen molar-refractivity contribution in [2.24, 2.45) is 5.10 Å². The van der Waals surface area contributed by atoms with Gasteiger partial charge in [0.25, 0.3) is 0 Å². The quantitative estimate of drug-likeness (QED) is 0.658. The van der Waals surface area contributed by atoms with Gasteiger partial charge in [0.15, 0.2) is 9.84 Å². The van der Waals surface area contributed by atoms with E-state index in [1.54, 1.807) is 0 Å². The molecule has 0 amide bonds. The molecule has 0 bridgehead atoms. The average molecular weight is 357 g/mol. The first-order chi connectivity index (χ1) is 10.3. The van der Waals surface area contributed by atoms with Gasteiger partial charge in [0.2, 0.25) is 0 Å². The van der Waals surface area contributed by atoms with Crippen LogP contribution in [0.4, 0.5) is 5.69 Å². The Kier molecular flexibility index (Phi) is 5.11. The van der Waals surface area contributed by atoms with E-state index in [1.807, 2.05) is 37.3 Å². The van der Waals surface area contributed by atoms with Crippen LogP contribution in [0.1, 0.15) is 12.5 Å². The lowest BCUT2D eigenvalue weighted by Crippen LogP contribution is -2.02. The molecule has 0 spiro atoms. The highest BCUT2D eigenvalue weighted by Gasteiger charge is 2.17. The number of benzene rings is 2. The van der Waals surface area contributed by atoms with Crippen molar-refractivity contribution in [3.05, 3.63) is 58.1 Å². The Balaban J connectivity index is 2.29. The Labute approximate surface area is 139 Å². The molecule has 116 valence electrons. The number of nitrogens with zero attached hydrogens (tertiary/aromatic N) is 1. The zero-order valence-corrected chi connectivity index (χ0v) is 14.3. The van der Waals surface area contributed by atoms with Crippen molar-refractivity contribution in [2.45, 2.75) is 11.8 Å². The summed E-state index contributed by atoms with van der Waals surface area (Å²) in [4.78, 5) is -0.0786. The Morgan fingerprint density at radius 2 is 1.64 bits per heavy atom. The van der Waals surface area contributed by atoms with Crippen LogP contribution in [0.15, 0.2) is 52.5 Å². The van der Waals surface area contributed by atoms with Crippen molar-refractivity contribution in [3.63, 3.8) is 0 Å². The molecule has 0 radical (unpaired) electrons. The standard InChI is InChI=1S/C15H14Cl2N2O2S/c1-10(11-6-4-3-5-7-11)18-19-12-8-13(16)15(14(17)9-12)22(2,20)21/h3-9,19H,1-2H3. The molecular formula is C15H14Cl2N2O2S. The fourth-order valence-corrected chi connectivity index (χ4v) is 4.03. The van der Waals surface area contributed by atoms with Gasteiger partial charge in [-0.05, 0) is 24.6 Å². The van der Waals surface area contributed by atoms with Crippen LogP contribution >= 0.6 is 23.2 Å². The second kappa shape index (κ2) is 6.69. The summed E-state index contributed by atoms with van der Waals surface area (Å²) < 4.78 is 23.2. The number of hydrazone groups is 1. The van der Waals surface area contributed by atoms with E-state index in [9.17, 15) is 8.42 Å². The normalized spacial score (nSPS) is 12.3. The van der Waals surface area contributed by atoms with E-state index in [2.05, 4.69) is 10.5 Å². The molecule has 0 saturated carbocycles. The van der Waals surface area contributed by atoms with Gasteiger partial charge in [0.1, 0.15) is 4.90 Å². The van der Waals surface area contributed by atoms with Gasteiger partial charge in [0.05, 0.1) is 21.4 Å². The summed E-state index contributed by atoms with van der Waals surface area (Å²) in [5, 5.41) is 4.36. The van der Waals surface area contributed by atoms with Gasteiger partial charge in [-0.2, -0.15) is 5.10 Å². The monoisotopic (exact) mass is 356 g/mol. The van der Waals surface area contributed by atoms with E-state index in [0.717, 1.165) is 17.5 Å². The SMILES string of the molecule is CC(=NNc1cc(Cl)c(S(C)(=O)=O)c(Cl)c1)c1ccccc1. The third kappa shape index (κ3) is 4.00. The Morgan fingerprint density at radius 1 is 1.09 bits per heavy atom. The highest BCUT2D eigenvalue weighted by atomic mass is 35.5. The molecule has 0 aromatic heterocycles. The Hall–Kier alpha value is -1.56. The molecule has 0 atom stereocenters. The molecule has 2 aromatic carbocycles. The first-order valence-electron chi connectivity index (χ1n) is 6.34. The highest BCUT2D eigenvalue weighted by Crippen LogP contribution is 2.32. The van der Waals surface area contributed by atoms with Crippen LogP contribution in [-0.4, -0.2) is 20.4 Å². The van der Waals surface area contributed by atoms with E-state index in [-0.39, 0.29) is 14.9 Å². The largest absolute Gasteiger partial charge is 0.278 e. The lowest BCUT2D eigenvalue weighted by molar-refractivity contribution is 0.602. The second-order valence-electron chi connectivity index (χ2n) is 4.72. The summed E-state index contributed by atoms with van der Waals surface area (Å²) in [5.41, 5.74) is 5.09. The molecule has 4 nitrogen and oxygen atoms in total. The summed E-state index contributed by atoms with van der Waals surface area (Å²) in [6.07, 6.45) is 1.06. The number of nitrogens with one attached hydrogen (secondary N) is 1. The van der Waals surface area contributed by atoms with Gasteiger partial charge in [-0.3, -0.25) is 5.43 Å². The van der Waals surface area contributed by atoms with Gasteiger partial charge in [-0.1, -0.05) is 53.5 Å². The van der Waals surface area contributed by atoms with Crippen LogP contribution in [0.25, 0.3) is 0 Å². The van der Waals surface area contributed by atoms with E-state index >= 15 is 0 Å². The smallest absolute Gasteiger partial charge is 0.178 e. The molecule has 2 rings (SSSR count). The van der Waals surface area contributed by atoms with Crippen molar-refractivity contribution in [1.82, 2.24) is 0 Å². The molecule has 0 unspecified atom stereocenters. The molecule has 0 aliphatic carbocycles. The van der Waals surface area contributed by atoms with Crippen LogP contribution in [0.3, 0.4) is 0 Å². The third-order valence-corrected chi connectivity index (χ3v) is 4.92. The molecule has 2 aromatic rings. The molecule has 22 heavy (non-hydrogen) atoms. The number of anilines is 1. The van der Waals surface area contributed by atoms with Crippen molar-refractivity contribution in [3.8, 4) is 0 Å². The number of hydrogen-bond donors (Lipinski definition) is 1. The van der Waals surface area contributed by atoms with Gasteiger partial charge in [0, 0.05) is 6.26 Å². The second-order valence-corrected chi connectivity index (χ2v) is 7.48. The minimum absolute atomic E-state index is 0.0602. The Bertz CT molecular complexity index is 796. The molecule has 0 saturated heterocycles. The topological polar surface area (TPSA) is 58.5 Å². The van der Waals surface area contributed by atoms with Gasteiger partial charge in [-0.25, -0.2) is 8.42 Å². The van der Waals surface area contributed by atoms with E-state index in [1.165, 1.54) is 12.1 Å². The van der Waals surface area contributed by atoms with Crippen LogP contribution in [0.2, 0.25) is 10.0 Å². The van der Waals surface area contributed by atoms with Crippen molar-refractivity contribution >= 4 is 44.4 Å². The van der Waals surface area contributed by atoms with E-state index < -0.39 is 9.84 Å². The number of hydrogen-bond acceptors (Lipinski definition) is 4. The Morgan fingerprint density at radius 3 is 2.14 bits per heavy atom. The maximum absolute atomic E-state index is 11.6. The van der Waals surface area contributed by atoms with Crippen molar-refractivity contribution in [2.75, 3.05) is 11.7 Å². The van der Waals surface area contributed by atoms with Crippen molar-refractivity contribution < 1.29 is 8.42 Å². The predicted octanol–water partition coefficient (Wildman–Crippen LogP) is 4.23. The van der Waals surface area contributed by atoms with Gasteiger partial charge in [-0.15, -0.1) is 0 Å². The predicted molar refractivity (Wildman–Crippen MR) is 91.8 cm³/mol. The zero-order chi connectivity index (χ0) is 16.3. The minimum atomic E-state index is -3.48. The zero-order valence-electron chi connectivity index (χ0n) is 12.0. The number of sulfone groups is 1. The van der Waals surface area contributed by atoms with Crippen molar-refractivity contribution in [1.29, 1.82) is 0 Å². The molecular weight excluding hydrogens is 343 g/mol. The number of rotatable bonds is 4. The minimum Gasteiger partial charge on any atom is -0.278 e. The van der Waals surface area contributed by atoms with E-state index in [4.69, 9.17) is 23.2 Å². The molecule has 0 heterocycles. The first kappa shape index (κ1) is 16.8. The molecule has 0 aliphatic rings. The summed E-state index contributed by atoms with van der Waals surface area (Å²) in [7, 11) is -3.48. The van der Waals surface area contributed by atoms with Crippen LogP contribution in [0, 0.1) is 0 Å². The van der Waals surface area contributed by atoms with Crippen LogP contribution in [0.5, 0.6) is 0 Å². The van der Waals surface area contributed by atoms with Gasteiger partial charge < -0.3 is 0 Å². The third-order valence-electron chi connectivity index (χ3n) is 2.91. The lowest BCUT2D eigenvalue weighted by Gasteiger charge is -2.09. The highest BCUT2D eigenvalue weighted by molar-refractivity contribution is 7.91. The molecule has 1 N–H and O–H groups in total. The molecule has 0 fully saturated rings. The fourth-order valence-electron chi connectivity index (χ4n) is 1.87. The van der Waals surface area contributed by atoms with E-state index in [0.29, 0.717) is 5.69 Å². The van der Waals surface area contributed by atoms with Gasteiger partial charge >= 0.3 is 0 Å². The van der Waals surface area contributed by atoms with Crippen LogP contribution < -0.4 is 5.43 Å². The number of halogens is 2. The fraction of sp³-hybridized carbons (Fsp3) is 0.133.